The second-order valence-electron chi connectivity index (χ2n) is 9.76. The minimum atomic E-state index is -0.762. The van der Waals surface area contributed by atoms with Crippen LogP contribution in [-0.2, 0) is 9.63 Å². The number of benzene rings is 2. The number of oxime groups is 1. The molecule has 1 N–H and O–H groups in total. The first-order chi connectivity index (χ1) is 15.5. The molecule has 2 bridgehead atoms. The maximum atomic E-state index is 13.5. The average Bonchev–Trinajstić information content (AvgIpc) is 3.09. The molecule has 2 aromatic rings. The van der Waals surface area contributed by atoms with Crippen LogP contribution >= 0.6 is 0 Å². The van der Waals surface area contributed by atoms with Crippen LogP contribution in [0.3, 0.4) is 0 Å². The Kier molecular flexibility index (Phi) is 5.35. The van der Waals surface area contributed by atoms with Gasteiger partial charge in [-0.2, -0.15) is 0 Å². The summed E-state index contributed by atoms with van der Waals surface area (Å²) in [7, 11) is 0. The number of carbonyl (C=O) groups is 2. The van der Waals surface area contributed by atoms with E-state index in [-0.39, 0.29) is 11.6 Å². The molecule has 0 aliphatic heterocycles. The van der Waals surface area contributed by atoms with E-state index in [1.165, 1.54) is 12.1 Å². The van der Waals surface area contributed by atoms with E-state index < -0.39 is 27.1 Å². The number of nitro benzene ring substituents is 1. The Morgan fingerprint density at radius 2 is 1.79 bits per heavy atom. The van der Waals surface area contributed by atoms with Gasteiger partial charge in [0.25, 0.3) is 5.69 Å². The number of carbonyl (C=O) groups excluding carboxylic acids is 2. The Hall–Kier alpha value is -3.55. The summed E-state index contributed by atoms with van der Waals surface area (Å²) in [6.07, 6.45) is 1.74. The number of hydrogen-bond acceptors (Lipinski definition) is 6. The predicted octanol–water partition coefficient (Wildman–Crippen LogP) is 5.27. The zero-order valence-corrected chi connectivity index (χ0v) is 19.2. The van der Waals surface area contributed by atoms with Crippen LogP contribution in [0.15, 0.2) is 53.7 Å². The van der Waals surface area contributed by atoms with Gasteiger partial charge in [-0.05, 0) is 43.4 Å². The van der Waals surface area contributed by atoms with E-state index in [9.17, 15) is 19.7 Å². The Bertz CT molecular complexity index is 1170. The molecule has 2 aromatic carbocycles. The van der Waals surface area contributed by atoms with Gasteiger partial charge in [0, 0.05) is 29.7 Å². The van der Waals surface area contributed by atoms with Crippen molar-refractivity contribution in [3.8, 4) is 0 Å². The average molecular weight is 450 g/mol. The van der Waals surface area contributed by atoms with E-state index in [2.05, 4.69) is 17.4 Å². The first kappa shape index (κ1) is 22.6. The summed E-state index contributed by atoms with van der Waals surface area (Å²) in [5.41, 5.74) is 0.796. The molecule has 2 saturated carbocycles. The van der Waals surface area contributed by atoms with Crippen LogP contribution in [-0.4, -0.2) is 22.5 Å². The monoisotopic (exact) mass is 449 g/mol. The molecule has 33 heavy (non-hydrogen) atoms. The number of aryl methyl sites for hydroxylation is 1. The van der Waals surface area contributed by atoms with E-state index in [4.69, 9.17) is 4.84 Å². The highest BCUT2D eigenvalue weighted by Gasteiger charge is 2.71. The second kappa shape index (κ2) is 7.79. The fourth-order valence-corrected chi connectivity index (χ4v) is 5.31. The van der Waals surface area contributed by atoms with Crippen molar-refractivity contribution in [3.05, 3.63) is 69.8 Å². The Balaban J connectivity index is 1.58. The van der Waals surface area contributed by atoms with Crippen LogP contribution in [0.4, 0.5) is 11.4 Å². The molecule has 2 aliphatic carbocycles. The van der Waals surface area contributed by atoms with Crippen molar-refractivity contribution in [2.45, 2.75) is 47.0 Å². The molecule has 1 amide bonds. The van der Waals surface area contributed by atoms with Crippen LogP contribution in [0.1, 0.15) is 56.0 Å². The predicted molar refractivity (Wildman–Crippen MR) is 124 cm³/mol. The molecule has 0 spiro atoms. The van der Waals surface area contributed by atoms with Crippen molar-refractivity contribution in [1.29, 1.82) is 0 Å². The number of non-ortho nitro benzene ring substituents is 1. The third-order valence-electron chi connectivity index (χ3n) is 8.01. The van der Waals surface area contributed by atoms with Gasteiger partial charge in [0.1, 0.15) is 0 Å². The standard InChI is InChI=1S/C25H27N3O5/c1-16-8-10-17(11-9-16)21(29)33-27-20-15-25(13-12-24(20,4)23(25,2)3)22(30)26-18-6-5-7-19(14-18)28(31)32/h5-11,14H,12-13,15H2,1-4H3,(H,26,30). The Labute approximate surface area is 192 Å². The van der Waals surface area contributed by atoms with Crippen molar-refractivity contribution in [2.24, 2.45) is 21.4 Å². The zero-order valence-electron chi connectivity index (χ0n) is 19.2. The quantitative estimate of drug-likeness (QED) is 0.380. The van der Waals surface area contributed by atoms with E-state index in [0.29, 0.717) is 29.8 Å². The number of hydrogen-bond donors (Lipinski definition) is 1. The molecule has 4 rings (SSSR count). The lowest BCUT2D eigenvalue weighted by Crippen LogP contribution is -2.43. The summed E-state index contributed by atoms with van der Waals surface area (Å²) in [5, 5.41) is 18.2. The van der Waals surface area contributed by atoms with Gasteiger partial charge in [0.05, 0.1) is 21.6 Å². The van der Waals surface area contributed by atoms with E-state index in [1.807, 2.05) is 32.9 Å². The van der Waals surface area contributed by atoms with E-state index >= 15 is 0 Å². The maximum absolute atomic E-state index is 13.5. The van der Waals surface area contributed by atoms with Crippen LogP contribution in [0.25, 0.3) is 0 Å². The number of fused-ring (bicyclic) bond motifs is 2. The molecular weight excluding hydrogens is 422 g/mol. The molecule has 2 fully saturated rings. The van der Waals surface area contributed by atoms with Crippen molar-refractivity contribution in [1.82, 2.24) is 0 Å². The summed E-state index contributed by atoms with van der Waals surface area (Å²) in [4.78, 5) is 41.9. The zero-order chi connectivity index (χ0) is 24.0. The van der Waals surface area contributed by atoms with Crippen LogP contribution in [0.5, 0.6) is 0 Å². The molecule has 8 nitrogen and oxygen atoms in total. The molecule has 2 aliphatic rings. The highest BCUT2D eigenvalue weighted by Crippen LogP contribution is 2.71. The number of nitro groups is 1. The van der Waals surface area contributed by atoms with Crippen LogP contribution in [0.2, 0.25) is 0 Å². The summed E-state index contributed by atoms with van der Waals surface area (Å²) in [5.74, 6) is -0.742. The molecule has 2 unspecified atom stereocenters. The van der Waals surface area contributed by atoms with E-state index in [1.54, 1.807) is 24.3 Å². The largest absolute Gasteiger partial charge is 0.365 e. The lowest BCUT2D eigenvalue weighted by atomic mass is 9.64. The third-order valence-corrected chi connectivity index (χ3v) is 8.01. The SMILES string of the molecule is Cc1ccc(C(=O)ON=C2CC3(C(=O)Nc4cccc([N+](=O)[O-])c4)CCC2(C)C3(C)C)cc1. The Morgan fingerprint density at radius 3 is 2.45 bits per heavy atom. The van der Waals surface area contributed by atoms with Gasteiger partial charge < -0.3 is 10.2 Å². The van der Waals surface area contributed by atoms with Gasteiger partial charge >= 0.3 is 5.97 Å². The highest BCUT2D eigenvalue weighted by molar-refractivity contribution is 6.06. The van der Waals surface area contributed by atoms with Crippen LogP contribution in [0, 0.1) is 33.3 Å². The Morgan fingerprint density at radius 1 is 1.09 bits per heavy atom. The number of nitrogens with zero attached hydrogens (tertiary/aromatic N) is 2. The van der Waals surface area contributed by atoms with Crippen molar-refractivity contribution >= 4 is 29.0 Å². The summed E-state index contributed by atoms with van der Waals surface area (Å²) in [6, 6.07) is 13.0. The summed E-state index contributed by atoms with van der Waals surface area (Å²) >= 11 is 0. The first-order valence-corrected chi connectivity index (χ1v) is 10.9. The van der Waals surface area contributed by atoms with E-state index in [0.717, 1.165) is 12.0 Å². The minimum Gasteiger partial charge on any atom is -0.325 e. The number of anilines is 1. The fraction of sp³-hybridized carbons (Fsp3) is 0.400. The van der Waals surface area contributed by atoms with Crippen molar-refractivity contribution in [2.75, 3.05) is 5.32 Å². The molecule has 172 valence electrons. The first-order valence-electron chi connectivity index (χ1n) is 10.9. The second-order valence-corrected chi connectivity index (χ2v) is 9.76. The topological polar surface area (TPSA) is 111 Å². The van der Waals surface area contributed by atoms with Gasteiger partial charge in [-0.1, -0.05) is 49.7 Å². The fourth-order valence-electron chi connectivity index (χ4n) is 5.31. The van der Waals surface area contributed by atoms with Gasteiger partial charge in [-0.3, -0.25) is 14.9 Å². The third kappa shape index (κ3) is 3.50. The smallest absolute Gasteiger partial charge is 0.325 e. The van der Waals surface area contributed by atoms with Gasteiger partial charge in [0.15, 0.2) is 0 Å². The van der Waals surface area contributed by atoms with Gasteiger partial charge in [0.2, 0.25) is 5.91 Å². The molecule has 0 aromatic heterocycles. The van der Waals surface area contributed by atoms with Crippen molar-refractivity contribution in [3.63, 3.8) is 0 Å². The van der Waals surface area contributed by atoms with Crippen molar-refractivity contribution < 1.29 is 19.3 Å². The molecule has 2 atom stereocenters. The normalized spacial score (nSPS) is 26.2. The lowest BCUT2D eigenvalue weighted by Gasteiger charge is -2.39. The summed E-state index contributed by atoms with van der Waals surface area (Å²) in [6.45, 7) is 8.07. The van der Waals surface area contributed by atoms with Crippen LogP contribution < -0.4 is 5.32 Å². The maximum Gasteiger partial charge on any atom is 0.365 e. The molecule has 8 heteroatoms. The van der Waals surface area contributed by atoms with Gasteiger partial charge in [-0.15, -0.1) is 0 Å². The number of rotatable bonds is 5. The minimum absolute atomic E-state index is 0.0856. The molecular formula is C25H27N3O5. The molecule has 0 heterocycles. The highest BCUT2D eigenvalue weighted by atomic mass is 16.7. The van der Waals surface area contributed by atoms with Gasteiger partial charge in [-0.25, -0.2) is 4.79 Å². The number of amides is 1. The molecule has 0 radical (unpaired) electrons. The lowest BCUT2D eigenvalue weighted by molar-refractivity contribution is -0.384. The molecule has 0 saturated heterocycles. The number of nitrogens with one attached hydrogen (secondary N) is 1. The summed E-state index contributed by atoms with van der Waals surface area (Å²) < 4.78 is 0.